The molecule has 1 nitrogen and oxygen atoms in total. The molecule has 11 rings (SSSR count). The number of benzene rings is 7. The van der Waals surface area contributed by atoms with Crippen LogP contribution in [-0.2, 0) is 10.8 Å². The fourth-order valence-corrected chi connectivity index (χ4v) is 10.2. The Bertz CT molecular complexity index is 2660. The van der Waals surface area contributed by atoms with Gasteiger partial charge in [0.1, 0.15) is 0 Å². The van der Waals surface area contributed by atoms with Crippen LogP contribution in [0.4, 0.5) is 17.1 Å². The molecular weight excluding hydrogens is 639 g/mol. The molecule has 0 amide bonds. The van der Waals surface area contributed by atoms with Crippen LogP contribution in [0.15, 0.2) is 176 Å². The summed E-state index contributed by atoms with van der Waals surface area (Å²) in [5.41, 5.74) is 21.9. The van der Waals surface area contributed by atoms with Gasteiger partial charge in [-0.25, -0.2) is 0 Å². The van der Waals surface area contributed by atoms with Crippen molar-refractivity contribution in [2.45, 2.75) is 37.5 Å². The summed E-state index contributed by atoms with van der Waals surface area (Å²) in [5, 5.41) is 0. The summed E-state index contributed by atoms with van der Waals surface area (Å²) in [5.74, 6) is 0. The third-order valence-electron chi connectivity index (χ3n) is 12.6. The van der Waals surface area contributed by atoms with Crippen molar-refractivity contribution >= 4 is 22.6 Å². The lowest BCUT2D eigenvalue weighted by Gasteiger charge is -2.32. The molecule has 0 aromatic heterocycles. The Balaban J connectivity index is 1.17. The van der Waals surface area contributed by atoms with Crippen molar-refractivity contribution in [3.63, 3.8) is 0 Å². The van der Waals surface area contributed by atoms with E-state index in [9.17, 15) is 0 Å². The number of allylic oxidation sites excluding steroid dienone is 4. The molecule has 0 saturated carbocycles. The number of nitrogens with zero attached hydrogens (tertiary/aromatic N) is 1. The van der Waals surface area contributed by atoms with E-state index in [-0.39, 0.29) is 5.41 Å². The van der Waals surface area contributed by atoms with Crippen LogP contribution in [-0.4, -0.2) is 0 Å². The van der Waals surface area contributed by atoms with Crippen molar-refractivity contribution in [2.75, 3.05) is 4.90 Å². The quantitative estimate of drug-likeness (QED) is 0.179. The Labute approximate surface area is 312 Å². The largest absolute Gasteiger partial charge is 0.310 e. The van der Waals surface area contributed by atoms with E-state index >= 15 is 0 Å². The first-order valence-corrected chi connectivity index (χ1v) is 19.0. The zero-order valence-electron chi connectivity index (χ0n) is 30.1. The fraction of sp³-hybridized carbons (Fsp3) is 0.115. The second-order valence-electron chi connectivity index (χ2n) is 15.6. The molecule has 0 atom stereocenters. The molecule has 0 saturated heterocycles. The molecule has 0 fully saturated rings. The summed E-state index contributed by atoms with van der Waals surface area (Å²) >= 11 is 0. The summed E-state index contributed by atoms with van der Waals surface area (Å²) in [4.78, 5) is 2.51. The SMILES string of the molecule is CC1(C)c2ccccc2-c2ccc(N(c3cccc(C4=CC=CCC4)c3)c3ccc4c(c3)C3(c5ccccc5-c5ccccc53)c3ccccc3-4)cc21. The van der Waals surface area contributed by atoms with Crippen molar-refractivity contribution in [1.82, 2.24) is 0 Å². The fourth-order valence-electron chi connectivity index (χ4n) is 10.2. The third-order valence-corrected chi connectivity index (χ3v) is 12.6. The second kappa shape index (κ2) is 11.2. The summed E-state index contributed by atoms with van der Waals surface area (Å²) in [6.45, 7) is 4.75. The highest BCUT2D eigenvalue weighted by Crippen LogP contribution is 2.63. The van der Waals surface area contributed by atoms with Crippen molar-refractivity contribution < 1.29 is 0 Å². The van der Waals surface area contributed by atoms with Crippen molar-refractivity contribution in [1.29, 1.82) is 0 Å². The number of fused-ring (bicyclic) bond motifs is 13. The molecule has 1 heteroatoms. The molecule has 0 bridgehead atoms. The maximum Gasteiger partial charge on any atom is 0.0726 e. The monoisotopic (exact) mass is 677 g/mol. The maximum absolute atomic E-state index is 2.51. The molecule has 252 valence electrons. The van der Waals surface area contributed by atoms with Gasteiger partial charge in [0.2, 0.25) is 0 Å². The average Bonchev–Trinajstić information content (AvgIpc) is 3.77. The standard InChI is InChI=1S/C52H39N/c1-51(2)45-23-10-6-19-39(45)43-29-27-37(32-49(43)51)53(36-18-14-17-35(31-36)34-15-4-3-5-16-34)38-28-30-44-42-22-9-13-26-48(42)52(50(44)33-38)46-24-11-7-20-40(46)41-21-8-12-25-47(41)52/h3-4,6-15,17-33H,5,16H2,1-2H3. The molecule has 0 aliphatic heterocycles. The first-order valence-electron chi connectivity index (χ1n) is 19.0. The van der Waals surface area contributed by atoms with E-state index < -0.39 is 5.41 Å². The van der Waals surface area contributed by atoms with E-state index in [1.807, 2.05) is 0 Å². The van der Waals surface area contributed by atoms with Crippen LogP contribution in [0.5, 0.6) is 0 Å². The van der Waals surface area contributed by atoms with Crippen molar-refractivity contribution in [2.24, 2.45) is 0 Å². The van der Waals surface area contributed by atoms with Crippen LogP contribution in [0.3, 0.4) is 0 Å². The molecule has 0 radical (unpaired) electrons. The van der Waals surface area contributed by atoms with Gasteiger partial charge < -0.3 is 4.90 Å². The van der Waals surface area contributed by atoms with Gasteiger partial charge in [0.25, 0.3) is 0 Å². The number of anilines is 3. The topological polar surface area (TPSA) is 3.24 Å². The van der Waals surface area contributed by atoms with Gasteiger partial charge in [-0.3, -0.25) is 0 Å². The number of hydrogen-bond donors (Lipinski definition) is 0. The Morgan fingerprint density at radius 1 is 0.434 bits per heavy atom. The molecule has 1 spiro atoms. The van der Waals surface area contributed by atoms with E-state index in [2.05, 4.69) is 195 Å². The Morgan fingerprint density at radius 3 is 1.51 bits per heavy atom. The first kappa shape index (κ1) is 30.4. The van der Waals surface area contributed by atoms with E-state index in [0.29, 0.717) is 0 Å². The van der Waals surface area contributed by atoms with Gasteiger partial charge in [0.05, 0.1) is 5.41 Å². The van der Waals surface area contributed by atoms with Crippen LogP contribution >= 0.6 is 0 Å². The van der Waals surface area contributed by atoms with Crippen LogP contribution in [0, 0.1) is 0 Å². The highest BCUT2D eigenvalue weighted by molar-refractivity contribution is 5.96. The highest BCUT2D eigenvalue weighted by atomic mass is 15.1. The normalized spacial score (nSPS) is 15.9. The predicted octanol–water partition coefficient (Wildman–Crippen LogP) is 13.5. The first-order chi connectivity index (χ1) is 26.0. The Kier molecular flexibility index (Phi) is 6.41. The zero-order valence-corrected chi connectivity index (χ0v) is 30.1. The molecule has 0 N–H and O–H groups in total. The maximum atomic E-state index is 2.51. The van der Waals surface area contributed by atoms with E-state index in [0.717, 1.165) is 12.8 Å². The molecule has 4 aliphatic rings. The lowest BCUT2D eigenvalue weighted by atomic mass is 9.70. The lowest BCUT2D eigenvalue weighted by Crippen LogP contribution is -2.26. The van der Waals surface area contributed by atoms with Crippen LogP contribution in [0.1, 0.15) is 65.6 Å². The summed E-state index contributed by atoms with van der Waals surface area (Å²) in [6.07, 6.45) is 8.90. The Hall–Kier alpha value is -6.18. The smallest absolute Gasteiger partial charge is 0.0726 e. The predicted molar refractivity (Wildman–Crippen MR) is 221 cm³/mol. The number of rotatable bonds is 4. The molecule has 4 aliphatic carbocycles. The molecule has 7 aromatic rings. The van der Waals surface area contributed by atoms with E-state index in [1.165, 1.54) is 95.0 Å². The van der Waals surface area contributed by atoms with Crippen LogP contribution in [0.2, 0.25) is 0 Å². The van der Waals surface area contributed by atoms with Gasteiger partial charge in [-0.1, -0.05) is 153 Å². The molecule has 0 unspecified atom stereocenters. The minimum Gasteiger partial charge on any atom is -0.310 e. The molecule has 0 heterocycles. The minimum absolute atomic E-state index is 0.102. The highest BCUT2D eigenvalue weighted by Gasteiger charge is 2.51. The van der Waals surface area contributed by atoms with Gasteiger partial charge >= 0.3 is 0 Å². The van der Waals surface area contributed by atoms with Crippen LogP contribution in [0.25, 0.3) is 39.0 Å². The summed E-state index contributed by atoms with van der Waals surface area (Å²) in [7, 11) is 0. The van der Waals surface area contributed by atoms with Gasteiger partial charge in [-0.15, -0.1) is 0 Å². The number of hydrogen-bond acceptors (Lipinski definition) is 1. The van der Waals surface area contributed by atoms with Gasteiger partial charge in [0.15, 0.2) is 0 Å². The van der Waals surface area contributed by atoms with E-state index in [4.69, 9.17) is 0 Å². The summed E-state index contributed by atoms with van der Waals surface area (Å²) < 4.78 is 0. The van der Waals surface area contributed by atoms with E-state index in [1.54, 1.807) is 0 Å². The second-order valence-corrected chi connectivity index (χ2v) is 15.6. The van der Waals surface area contributed by atoms with Gasteiger partial charge in [-0.2, -0.15) is 0 Å². The molecule has 7 aromatic carbocycles. The lowest BCUT2D eigenvalue weighted by molar-refractivity contribution is 0.660. The average molecular weight is 678 g/mol. The molecule has 53 heavy (non-hydrogen) atoms. The summed E-state index contributed by atoms with van der Waals surface area (Å²) in [6, 6.07) is 59.8. The van der Waals surface area contributed by atoms with Crippen molar-refractivity contribution in [3.05, 3.63) is 215 Å². The Morgan fingerprint density at radius 2 is 0.925 bits per heavy atom. The minimum atomic E-state index is -0.399. The van der Waals surface area contributed by atoms with Gasteiger partial charge in [0, 0.05) is 22.5 Å². The van der Waals surface area contributed by atoms with Crippen LogP contribution < -0.4 is 4.90 Å². The van der Waals surface area contributed by atoms with Gasteiger partial charge in [-0.05, 0) is 127 Å². The van der Waals surface area contributed by atoms with Crippen molar-refractivity contribution in [3.8, 4) is 33.4 Å². The zero-order chi connectivity index (χ0) is 35.3. The third kappa shape index (κ3) is 4.14. The molecular formula is C52H39N.